The molecule has 1 aromatic heterocycles. The summed E-state index contributed by atoms with van der Waals surface area (Å²) in [6.45, 7) is 0.0555. The van der Waals surface area contributed by atoms with Gasteiger partial charge in [0.1, 0.15) is 18.4 Å². The molecule has 0 spiro atoms. The van der Waals surface area contributed by atoms with E-state index in [0.717, 1.165) is 16.5 Å². The van der Waals surface area contributed by atoms with Gasteiger partial charge in [0.05, 0.1) is 8.46 Å². The summed E-state index contributed by atoms with van der Waals surface area (Å²) in [7, 11) is -0.210. The van der Waals surface area contributed by atoms with Crippen molar-refractivity contribution >= 4 is 23.0 Å². The third-order valence-electron chi connectivity index (χ3n) is 4.13. The molecule has 0 bridgehead atoms. The molecule has 3 rings (SSSR count). The van der Waals surface area contributed by atoms with E-state index in [9.17, 15) is 14.7 Å². The van der Waals surface area contributed by atoms with E-state index in [4.69, 9.17) is 10.8 Å². The smallest absolute Gasteiger partial charge is 0.408 e. The number of aliphatic carboxylic acids is 1. The lowest BCUT2D eigenvalue weighted by Crippen LogP contribution is -2.42. The third kappa shape index (κ3) is 4.58. The first-order valence-electron chi connectivity index (χ1n) is 8.99. The second-order valence-corrected chi connectivity index (χ2v) is 5.97. The summed E-state index contributed by atoms with van der Waals surface area (Å²) in [5, 5.41) is 12.7. The average molecular weight is 369 g/mol. The van der Waals surface area contributed by atoms with Gasteiger partial charge in [0.25, 0.3) is 0 Å². The van der Waals surface area contributed by atoms with Crippen molar-refractivity contribution in [1.82, 2.24) is 10.3 Å². The van der Waals surface area contributed by atoms with Crippen LogP contribution in [-0.2, 0) is 22.6 Å². The minimum absolute atomic E-state index is 0.0555. The molecular formula is C20H20N2O5. The topological polar surface area (TPSA) is 101 Å². The number of fused-ring (bicyclic) bond motifs is 1. The zero-order valence-electron chi connectivity index (χ0n) is 15.5. The zero-order valence-corrected chi connectivity index (χ0v) is 14.5. The maximum atomic E-state index is 12.0. The molecule has 3 N–H and O–H groups in total. The van der Waals surface area contributed by atoms with Gasteiger partial charge >= 0.3 is 12.1 Å². The highest BCUT2D eigenvalue weighted by atomic mass is 16.5. The minimum atomic E-state index is -1.16. The Labute approximate surface area is 157 Å². The number of carboxylic acids is 1. The summed E-state index contributed by atoms with van der Waals surface area (Å²) in [6, 6.07) is 13.2. The first kappa shape index (κ1) is 17.0. The number of carboxylic acid groups (broad SMARTS) is 1. The molecule has 0 saturated heterocycles. The summed E-state index contributed by atoms with van der Waals surface area (Å²) >= 11 is 0. The van der Waals surface area contributed by atoms with Crippen molar-refractivity contribution < 1.29 is 25.5 Å². The molecule has 0 aliphatic rings. The highest BCUT2D eigenvalue weighted by Gasteiger charge is 2.22. The number of H-pyrrole nitrogens is 1. The van der Waals surface area contributed by atoms with Crippen LogP contribution in [0.5, 0.6) is 5.75 Å². The van der Waals surface area contributed by atoms with E-state index < -0.39 is 18.1 Å². The van der Waals surface area contributed by atoms with Gasteiger partial charge in [-0.25, -0.2) is 9.59 Å². The molecule has 1 amide bonds. The first-order valence-corrected chi connectivity index (χ1v) is 8.29. The van der Waals surface area contributed by atoms with Gasteiger partial charge in [-0.05, 0) is 29.3 Å². The van der Waals surface area contributed by atoms with Gasteiger partial charge in [-0.1, -0.05) is 30.3 Å². The van der Waals surface area contributed by atoms with Crippen LogP contribution in [0.4, 0.5) is 4.79 Å². The van der Waals surface area contributed by atoms with E-state index in [1.54, 1.807) is 24.4 Å². The molecule has 0 aliphatic carbocycles. The van der Waals surface area contributed by atoms with Gasteiger partial charge < -0.3 is 24.9 Å². The number of methoxy groups -OCH3 is 1. The Kier molecular flexibility index (Phi) is 5.19. The Morgan fingerprint density at radius 2 is 2.07 bits per heavy atom. The van der Waals surface area contributed by atoms with Crippen LogP contribution in [0.2, 0.25) is 0 Å². The number of aromatic nitrogens is 1. The fourth-order valence-corrected chi connectivity index (χ4v) is 2.74. The molecule has 140 valence electrons. The van der Waals surface area contributed by atoms with Crippen LogP contribution in [0.1, 0.15) is 12.5 Å². The molecular weight excluding hydrogens is 348 g/mol. The number of carbonyl (C=O) groups is 2. The monoisotopic (exact) mass is 369 g/mol. The Bertz CT molecular complexity index is 958. The summed E-state index contributed by atoms with van der Waals surface area (Å²) in [4.78, 5) is 26.7. The van der Waals surface area contributed by atoms with Crippen LogP contribution in [0.15, 0.2) is 54.7 Å². The number of carbonyl (C=O) groups excluding carboxylic acids is 1. The number of alkyl carbamates (subject to hydrolysis) is 1. The molecule has 27 heavy (non-hydrogen) atoms. The summed E-state index contributed by atoms with van der Waals surface area (Å²) in [6.07, 6.45) is 0.969. The van der Waals surface area contributed by atoms with E-state index in [1.807, 2.05) is 30.3 Å². The molecule has 1 atom stereocenters. The molecule has 2 aromatic carbocycles. The van der Waals surface area contributed by atoms with Crippen LogP contribution in [0.3, 0.4) is 0 Å². The zero-order chi connectivity index (χ0) is 19.9. The van der Waals surface area contributed by atoms with Gasteiger partial charge in [0.2, 0.25) is 0 Å². The summed E-state index contributed by atoms with van der Waals surface area (Å²) in [5.41, 5.74) is 2.33. The largest absolute Gasteiger partial charge is 0.497 e. The predicted molar refractivity (Wildman–Crippen MR) is 99.7 cm³/mol. The van der Waals surface area contributed by atoms with Gasteiger partial charge in [0.15, 0.2) is 0 Å². The molecule has 0 radical (unpaired) electrons. The number of nitrogens with one attached hydrogen (secondary N) is 2. The van der Waals surface area contributed by atoms with Crippen LogP contribution in [-0.4, -0.2) is 35.3 Å². The molecule has 0 unspecified atom stereocenters. The van der Waals surface area contributed by atoms with Crippen molar-refractivity contribution in [2.45, 2.75) is 19.1 Å². The highest BCUT2D eigenvalue weighted by molar-refractivity contribution is 5.86. The molecule has 1 heterocycles. The quantitative estimate of drug-likeness (QED) is 0.594. The third-order valence-corrected chi connectivity index (χ3v) is 4.13. The summed E-state index contributed by atoms with van der Waals surface area (Å²) in [5.74, 6) is -0.643. The van der Waals surface area contributed by atoms with Crippen molar-refractivity contribution in [3.63, 3.8) is 0 Å². The Hall–Kier alpha value is -3.48. The molecule has 0 aliphatic heterocycles. The van der Waals surface area contributed by atoms with Crippen LogP contribution >= 0.6 is 0 Å². The van der Waals surface area contributed by atoms with Gasteiger partial charge in [-0.2, -0.15) is 0 Å². The fourth-order valence-electron chi connectivity index (χ4n) is 2.74. The van der Waals surface area contributed by atoms with Crippen molar-refractivity contribution in [3.8, 4) is 5.75 Å². The molecule has 7 heteroatoms. The van der Waals surface area contributed by atoms with Gasteiger partial charge in [-0.3, -0.25) is 0 Å². The lowest BCUT2D eigenvalue weighted by molar-refractivity contribution is -0.139. The van der Waals surface area contributed by atoms with Crippen molar-refractivity contribution in [2.24, 2.45) is 0 Å². The van der Waals surface area contributed by atoms with E-state index >= 15 is 0 Å². The molecule has 0 fully saturated rings. The number of hydrogen-bond acceptors (Lipinski definition) is 4. The Balaban J connectivity index is 1.67. The van der Waals surface area contributed by atoms with Gasteiger partial charge in [-0.15, -0.1) is 0 Å². The SMILES string of the molecule is [2H]COc1ccc2[nH]cc(C[C@H](NC(=O)OCc3ccccc3)C(=O)O)c2c1. The second-order valence-electron chi connectivity index (χ2n) is 5.97. The number of ether oxygens (including phenoxy) is 2. The lowest BCUT2D eigenvalue weighted by atomic mass is 10.0. The van der Waals surface area contributed by atoms with E-state index in [0.29, 0.717) is 11.3 Å². The van der Waals surface area contributed by atoms with Crippen molar-refractivity contribution in [1.29, 1.82) is 0 Å². The van der Waals surface area contributed by atoms with Crippen LogP contribution in [0.25, 0.3) is 10.9 Å². The molecule has 0 saturated carbocycles. The Morgan fingerprint density at radius 3 is 2.81 bits per heavy atom. The number of aromatic amines is 1. The first-order chi connectivity index (χ1) is 13.6. The number of amides is 1. The van der Waals surface area contributed by atoms with Gasteiger partial charge in [0, 0.05) is 23.5 Å². The van der Waals surface area contributed by atoms with E-state index in [1.165, 1.54) is 0 Å². The van der Waals surface area contributed by atoms with Crippen LogP contribution < -0.4 is 10.1 Å². The van der Waals surface area contributed by atoms with Crippen molar-refractivity contribution in [2.75, 3.05) is 7.09 Å². The molecule has 3 aromatic rings. The number of hydrogen-bond donors (Lipinski definition) is 3. The Morgan fingerprint density at radius 1 is 1.26 bits per heavy atom. The highest BCUT2D eigenvalue weighted by Crippen LogP contribution is 2.24. The minimum Gasteiger partial charge on any atom is -0.497 e. The normalized spacial score (nSPS) is 12.2. The maximum absolute atomic E-state index is 12.0. The second kappa shape index (κ2) is 8.27. The van der Waals surface area contributed by atoms with Crippen LogP contribution in [0, 0.1) is 0 Å². The predicted octanol–water partition coefficient (Wildman–Crippen LogP) is 3.10. The standard InChI is InChI=1S/C20H20N2O5/c1-26-15-7-8-17-16(10-15)14(11-21-17)9-18(19(23)24)22-20(25)27-12-13-5-3-2-4-6-13/h2-8,10-11,18,21H,9,12H2,1H3,(H,22,25)(H,23,24)/t18-/m0/s1/i1D. The van der Waals surface area contributed by atoms with E-state index in [2.05, 4.69) is 10.3 Å². The average Bonchev–Trinajstić information content (AvgIpc) is 3.09. The van der Waals surface area contributed by atoms with Crippen molar-refractivity contribution in [3.05, 3.63) is 65.9 Å². The fraction of sp³-hybridized carbons (Fsp3) is 0.200. The maximum Gasteiger partial charge on any atom is 0.408 e. The van der Waals surface area contributed by atoms with E-state index in [-0.39, 0.29) is 20.1 Å². The number of rotatable bonds is 7. The lowest BCUT2D eigenvalue weighted by Gasteiger charge is -2.14. The summed E-state index contributed by atoms with van der Waals surface area (Å²) < 4.78 is 17.4. The number of benzene rings is 2. The molecule has 7 nitrogen and oxygen atoms in total.